The van der Waals surface area contributed by atoms with Gasteiger partial charge in [-0.15, -0.1) is 0 Å². The first-order valence-corrected chi connectivity index (χ1v) is 7.98. The molecule has 1 aromatic rings. The molecule has 0 bridgehead atoms. The molecule has 1 fully saturated rings. The number of nitrogens with zero attached hydrogens (tertiary/aromatic N) is 1. The highest BCUT2D eigenvalue weighted by Crippen LogP contribution is 2.19. The number of hydrogen-bond donors (Lipinski definition) is 1. The average Bonchev–Trinajstić information content (AvgIpc) is 2.49. The van der Waals surface area contributed by atoms with Crippen LogP contribution in [0.4, 0.5) is 9.18 Å². The summed E-state index contributed by atoms with van der Waals surface area (Å²) in [6.45, 7) is 4.22. The van der Waals surface area contributed by atoms with Crippen molar-refractivity contribution in [2.75, 3.05) is 19.7 Å². The van der Waals surface area contributed by atoms with Gasteiger partial charge < -0.3 is 15.0 Å². The van der Waals surface area contributed by atoms with Gasteiger partial charge in [0.05, 0.1) is 6.61 Å². The van der Waals surface area contributed by atoms with Crippen LogP contribution in [-0.4, -0.2) is 36.7 Å². The standard InChI is InChI=1S/C15H20BrFN2O2/c1-2-21-15(20)19-7-5-13(6-8-19)18-10-11-9-12(17)3-4-14(11)16/h3-4,9,13,18H,2,5-8,10H2,1H3. The van der Waals surface area contributed by atoms with Gasteiger partial charge in [-0.05, 0) is 43.5 Å². The minimum Gasteiger partial charge on any atom is -0.450 e. The Kier molecular flexibility index (Phi) is 5.99. The lowest BCUT2D eigenvalue weighted by Gasteiger charge is -2.31. The maximum atomic E-state index is 13.2. The van der Waals surface area contributed by atoms with Gasteiger partial charge in [-0.2, -0.15) is 0 Å². The second-order valence-corrected chi connectivity index (χ2v) is 5.93. The van der Waals surface area contributed by atoms with E-state index >= 15 is 0 Å². The Balaban J connectivity index is 1.79. The van der Waals surface area contributed by atoms with Crippen molar-refractivity contribution in [3.05, 3.63) is 34.1 Å². The molecule has 1 amide bonds. The first-order chi connectivity index (χ1) is 10.1. The SMILES string of the molecule is CCOC(=O)N1CCC(NCc2cc(F)ccc2Br)CC1. The highest BCUT2D eigenvalue weighted by atomic mass is 79.9. The van der Waals surface area contributed by atoms with Crippen molar-refractivity contribution in [3.63, 3.8) is 0 Å². The number of hydrogen-bond acceptors (Lipinski definition) is 3. The lowest BCUT2D eigenvalue weighted by atomic mass is 10.0. The number of amides is 1. The van der Waals surface area contributed by atoms with E-state index in [1.807, 2.05) is 6.92 Å². The molecule has 0 aromatic heterocycles. The molecule has 0 radical (unpaired) electrons. The van der Waals surface area contributed by atoms with Gasteiger partial charge in [-0.3, -0.25) is 0 Å². The summed E-state index contributed by atoms with van der Waals surface area (Å²) >= 11 is 3.43. The largest absolute Gasteiger partial charge is 0.450 e. The van der Waals surface area contributed by atoms with E-state index in [2.05, 4.69) is 21.2 Å². The number of piperidine rings is 1. The fourth-order valence-electron chi connectivity index (χ4n) is 2.41. The Bertz CT molecular complexity index is 491. The summed E-state index contributed by atoms with van der Waals surface area (Å²) in [4.78, 5) is 13.3. The van der Waals surface area contributed by atoms with Crippen molar-refractivity contribution in [1.29, 1.82) is 0 Å². The molecule has 116 valence electrons. The molecule has 1 N–H and O–H groups in total. The van der Waals surface area contributed by atoms with Gasteiger partial charge in [0.1, 0.15) is 5.82 Å². The van der Waals surface area contributed by atoms with Crippen LogP contribution < -0.4 is 5.32 Å². The number of likely N-dealkylation sites (tertiary alicyclic amines) is 1. The first-order valence-electron chi connectivity index (χ1n) is 7.19. The molecule has 1 saturated heterocycles. The van der Waals surface area contributed by atoms with E-state index in [0.717, 1.165) is 22.9 Å². The van der Waals surface area contributed by atoms with E-state index in [4.69, 9.17) is 4.74 Å². The number of ether oxygens (including phenoxy) is 1. The Hall–Kier alpha value is -1.14. The molecule has 0 aliphatic carbocycles. The zero-order valence-corrected chi connectivity index (χ0v) is 13.7. The lowest BCUT2D eigenvalue weighted by molar-refractivity contribution is 0.0950. The van der Waals surface area contributed by atoms with Crippen LogP contribution >= 0.6 is 15.9 Å². The molecule has 1 heterocycles. The molecular weight excluding hydrogens is 339 g/mol. The quantitative estimate of drug-likeness (QED) is 0.897. The third-order valence-corrected chi connectivity index (χ3v) is 4.38. The molecule has 0 unspecified atom stereocenters. The summed E-state index contributed by atoms with van der Waals surface area (Å²) < 4.78 is 19.1. The van der Waals surface area contributed by atoms with E-state index in [0.29, 0.717) is 32.3 Å². The van der Waals surface area contributed by atoms with E-state index < -0.39 is 0 Å². The average molecular weight is 359 g/mol. The number of nitrogens with one attached hydrogen (secondary N) is 1. The van der Waals surface area contributed by atoms with Crippen molar-refractivity contribution in [1.82, 2.24) is 10.2 Å². The molecular formula is C15H20BrFN2O2. The normalized spacial score (nSPS) is 16.0. The third kappa shape index (κ3) is 4.68. The molecule has 0 spiro atoms. The number of benzene rings is 1. The van der Waals surface area contributed by atoms with Gasteiger partial charge in [0.15, 0.2) is 0 Å². The molecule has 1 aromatic carbocycles. The molecule has 6 heteroatoms. The zero-order valence-electron chi connectivity index (χ0n) is 12.1. The fourth-order valence-corrected chi connectivity index (χ4v) is 2.80. The lowest BCUT2D eigenvalue weighted by Crippen LogP contribution is -2.44. The molecule has 0 atom stereocenters. The van der Waals surface area contributed by atoms with Gasteiger partial charge in [0.25, 0.3) is 0 Å². The second kappa shape index (κ2) is 7.75. The number of carbonyl (C=O) groups excluding carboxylic acids is 1. The van der Waals surface area contributed by atoms with Crippen LogP contribution in [0.1, 0.15) is 25.3 Å². The van der Waals surface area contributed by atoms with Crippen molar-refractivity contribution in [2.45, 2.75) is 32.4 Å². The van der Waals surface area contributed by atoms with Crippen LogP contribution in [0.15, 0.2) is 22.7 Å². The number of halogens is 2. The van der Waals surface area contributed by atoms with Crippen LogP contribution in [0.25, 0.3) is 0 Å². The van der Waals surface area contributed by atoms with Gasteiger partial charge in [-0.25, -0.2) is 9.18 Å². The Morgan fingerprint density at radius 3 is 2.86 bits per heavy atom. The van der Waals surface area contributed by atoms with Gasteiger partial charge >= 0.3 is 6.09 Å². The minimum atomic E-state index is -0.233. The highest BCUT2D eigenvalue weighted by molar-refractivity contribution is 9.10. The summed E-state index contributed by atoms with van der Waals surface area (Å²) in [5, 5.41) is 3.42. The molecule has 1 aliphatic rings. The number of carbonyl (C=O) groups is 1. The first kappa shape index (κ1) is 16.2. The monoisotopic (exact) mass is 358 g/mol. The van der Waals surface area contributed by atoms with Crippen molar-refractivity contribution >= 4 is 22.0 Å². The highest BCUT2D eigenvalue weighted by Gasteiger charge is 2.23. The van der Waals surface area contributed by atoms with Gasteiger partial charge in [-0.1, -0.05) is 15.9 Å². The molecule has 1 aliphatic heterocycles. The Morgan fingerprint density at radius 2 is 2.19 bits per heavy atom. The summed E-state index contributed by atoms with van der Waals surface area (Å²) in [6, 6.07) is 5.03. The van der Waals surface area contributed by atoms with E-state index in [-0.39, 0.29) is 11.9 Å². The van der Waals surface area contributed by atoms with Crippen molar-refractivity contribution in [2.24, 2.45) is 0 Å². The maximum absolute atomic E-state index is 13.2. The molecule has 4 nitrogen and oxygen atoms in total. The van der Waals surface area contributed by atoms with Crippen molar-refractivity contribution < 1.29 is 13.9 Å². The van der Waals surface area contributed by atoms with Gasteiger partial charge in [0.2, 0.25) is 0 Å². The van der Waals surface area contributed by atoms with E-state index in [1.54, 1.807) is 11.0 Å². The predicted octanol–water partition coefficient (Wildman–Crippen LogP) is 3.30. The van der Waals surface area contributed by atoms with Crippen LogP contribution in [0.3, 0.4) is 0 Å². The van der Waals surface area contributed by atoms with Crippen LogP contribution in [0.5, 0.6) is 0 Å². The zero-order chi connectivity index (χ0) is 15.2. The minimum absolute atomic E-state index is 0.230. The van der Waals surface area contributed by atoms with E-state index in [1.165, 1.54) is 12.1 Å². The molecule has 21 heavy (non-hydrogen) atoms. The Labute approximate surface area is 132 Å². The summed E-state index contributed by atoms with van der Waals surface area (Å²) in [5.74, 6) is -0.230. The van der Waals surface area contributed by atoms with Crippen LogP contribution in [0.2, 0.25) is 0 Å². The summed E-state index contributed by atoms with van der Waals surface area (Å²) in [5.41, 5.74) is 0.905. The topological polar surface area (TPSA) is 41.6 Å². The van der Waals surface area contributed by atoms with Crippen LogP contribution in [-0.2, 0) is 11.3 Å². The number of rotatable bonds is 4. The fraction of sp³-hybridized carbons (Fsp3) is 0.533. The smallest absolute Gasteiger partial charge is 0.409 e. The Morgan fingerprint density at radius 1 is 1.48 bits per heavy atom. The predicted molar refractivity (Wildman–Crippen MR) is 82.6 cm³/mol. The van der Waals surface area contributed by atoms with Crippen LogP contribution in [0, 0.1) is 5.82 Å². The van der Waals surface area contributed by atoms with E-state index in [9.17, 15) is 9.18 Å². The molecule has 0 saturated carbocycles. The third-order valence-electron chi connectivity index (χ3n) is 3.61. The second-order valence-electron chi connectivity index (χ2n) is 5.08. The van der Waals surface area contributed by atoms with Gasteiger partial charge in [0, 0.05) is 30.1 Å². The summed E-state index contributed by atoms with van der Waals surface area (Å²) in [7, 11) is 0. The summed E-state index contributed by atoms with van der Waals surface area (Å²) in [6.07, 6.45) is 1.53. The maximum Gasteiger partial charge on any atom is 0.409 e. The molecule has 2 rings (SSSR count). The van der Waals surface area contributed by atoms with Crippen molar-refractivity contribution in [3.8, 4) is 0 Å².